The molecule has 3 aromatic carbocycles. The molecular weight excluding hydrogens is 901 g/mol. The molecular formula is C45H51BrN11O6P. The minimum absolute atomic E-state index is 0.0867. The number of fused-ring (bicyclic) bond motifs is 2. The van der Waals surface area contributed by atoms with Crippen molar-refractivity contribution in [3.8, 4) is 5.75 Å². The number of halogens is 1. The van der Waals surface area contributed by atoms with Crippen molar-refractivity contribution in [3.63, 3.8) is 0 Å². The fraction of sp³-hybridized carbons (Fsp3) is 0.378. The van der Waals surface area contributed by atoms with E-state index in [0.717, 1.165) is 67.3 Å². The van der Waals surface area contributed by atoms with Crippen molar-refractivity contribution in [1.29, 1.82) is 0 Å². The van der Waals surface area contributed by atoms with Crippen molar-refractivity contribution >= 4 is 91.9 Å². The third-order valence-corrected chi connectivity index (χ3v) is 14.0. The lowest BCUT2D eigenvalue weighted by molar-refractivity contribution is -0.136. The van der Waals surface area contributed by atoms with E-state index >= 15 is 0 Å². The molecule has 19 heteroatoms. The molecule has 1 atom stereocenters. The number of amides is 4. The van der Waals surface area contributed by atoms with Crippen LogP contribution in [0.25, 0.3) is 11.0 Å². The number of aryl methyl sites for hydroxylation is 1. The number of methoxy groups -OCH3 is 1. The third-order valence-electron chi connectivity index (χ3n) is 11.8. The van der Waals surface area contributed by atoms with Crippen molar-refractivity contribution in [2.45, 2.75) is 57.5 Å². The number of piperidine rings is 2. The molecule has 0 saturated carbocycles. The molecule has 3 aliphatic heterocycles. The molecule has 2 aromatic heterocycles. The Morgan fingerprint density at radius 2 is 1.67 bits per heavy atom. The molecule has 3 aliphatic rings. The molecule has 64 heavy (non-hydrogen) atoms. The monoisotopic (exact) mass is 951 g/mol. The van der Waals surface area contributed by atoms with E-state index < -0.39 is 36.8 Å². The first-order chi connectivity index (χ1) is 30.8. The molecule has 5 aromatic rings. The highest BCUT2D eigenvalue weighted by Crippen LogP contribution is 2.42. The summed E-state index contributed by atoms with van der Waals surface area (Å²) in [6, 6.07) is 12.5. The number of hydrogen-bond acceptors (Lipinski definition) is 15. The average Bonchev–Trinajstić information content (AvgIpc) is 3.53. The van der Waals surface area contributed by atoms with Crippen LogP contribution < -0.4 is 41.5 Å². The van der Waals surface area contributed by atoms with Gasteiger partial charge in [0.1, 0.15) is 30.3 Å². The first kappa shape index (κ1) is 44.8. The molecule has 0 radical (unpaired) electrons. The second kappa shape index (κ2) is 19.1. The summed E-state index contributed by atoms with van der Waals surface area (Å²) >= 11 is 3.58. The Morgan fingerprint density at radius 1 is 0.891 bits per heavy atom. The Morgan fingerprint density at radius 3 is 2.42 bits per heavy atom. The zero-order valence-electron chi connectivity index (χ0n) is 36.2. The minimum atomic E-state index is -2.78. The number of ether oxygens (including phenoxy) is 1. The normalized spacial score (nSPS) is 16.9. The fourth-order valence-electron chi connectivity index (χ4n) is 8.61. The van der Waals surface area contributed by atoms with E-state index in [1.807, 2.05) is 18.2 Å². The van der Waals surface area contributed by atoms with Crippen LogP contribution in [-0.2, 0) is 27.0 Å². The summed E-state index contributed by atoms with van der Waals surface area (Å²) in [6.07, 6.45) is 8.56. The number of nitrogens with one attached hydrogen (secondary N) is 5. The largest absolute Gasteiger partial charge is 0.494 e. The van der Waals surface area contributed by atoms with E-state index in [1.54, 1.807) is 51.2 Å². The van der Waals surface area contributed by atoms with E-state index in [1.165, 1.54) is 5.56 Å². The van der Waals surface area contributed by atoms with Gasteiger partial charge in [0.15, 0.2) is 0 Å². The molecule has 334 valence electrons. The number of hydrogen-bond donors (Lipinski definition) is 5. The van der Waals surface area contributed by atoms with Gasteiger partial charge in [-0.05, 0) is 109 Å². The van der Waals surface area contributed by atoms with Gasteiger partial charge in [0.25, 0.3) is 11.8 Å². The summed E-state index contributed by atoms with van der Waals surface area (Å²) in [5.41, 5.74) is 6.43. The van der Waals surface area contributed by atoms with Crippen LogP contribution in [0.2, 0.25) is 0 Å². The Kier molecular flexibility index (Phi) is 13.4. The van der Waals surface area contributed by atoms with Crippen LogP contribution in [0.3, 0.4) is 0 Å². The Bertz CT molecular complexity index is 2690. The van der Waals surface area contributed by atoms with Crippen molar-refractivity contribution < 1.29 is 28.5 Å². The van der Waals surface area contributed by atoms with E-state index in [0.29, 0.717) is 68.6 Å². The fourth-order valence-corrected chi connectivity index (χ4v) is 10.3. The zero-order chi connectivity index (χ0) is 45.1. The molecule has 2 fully saturated rings. The first-order valence-corrected chi connectivity index (χ1v) is 24.8. The summed E-state index contributed by atoms with van der Waals surface area (Å²) in [7, 11) is -1.13. The second-order valence-electron chi connectivity index (χ2n) is 16.5. The van der Waals surface area contributed by atoms with E-state index in [2.05, 4.69) is 81.4 Å². The topological polar surface area (TPSA) is 213 Å². The molecule has 0 aliphatic carbocycles. The SMILES string of the molecule is CCc1cc(Nc2ncc(Br)c(Nc3ccc4nccnc4c3P(C)(C)=O)n2)c(OC)cc1N1CCC(NCCNCCc2ccc3c(c2)C(=O)N(C2CCC(=O)NC2=O)C3=O)CC1. The van der Waals surface area contributed by atoms with Crippen molar-refractivity contribution in [2.75, 3.05) is 68.7 Å². The van der Waals surface area contributed by atoms with Gasteiger partial charge in [0.05, 0.1) is 44.9 Å². The summed E-state index contributed by atoms with van der Waals surface area (Å²) in [4.78, 5) is 71.8. The quantitative estimate of drug-likeness (QED) is 0.0484. The molecule has 4 amide bonds. The number of aromatic nitrogens is 4. The molecule has 17 nitrogen and oxygen atoms in total. The predicted molar refractivity (Wildman–Crippen MR) is 250 cm³/mol. The lowest BCUT2D eigenvalue weighted by atomic mass is 10.0. The molecule has 5 heterocycles. The van der Waals surface area contributed by atoms with Gasteiger partial charge in [0, 0.05) is 69.0 Å². The molecule has 0 bridgehead atoms. The van der Waals surface area contributed by atoms with Gasteiger partial charge in [-0.1, -0.05) is 13.0 Å². The number of imide groups is 2. The molecule has 0 spiro atoms. The van der Waals surface area contributed by atoms with Crippen LogP contribution in [0.5, 0.6) is 5.75 Å². The maximum Gasteiger partial charge on any atom is 0.262 e. The highest BCUT2D eigenvalue weighted by Gasteiger charge is 2.44. The number of nitrogens with zero attached hydrogens (tertiary/aromatic N) is 6. The van der Waals surface area contributed by atoms with Gasteiger partial charge < -0.3 is 35.5 Å². The maximum absolute atomic E-state index is 13.5. The first-order valence-electron chi connectivity index (χ1n) is 21.4. The molecule has 8 rings (SSSR count). The minimum Gasteiger partial charge on any atom is -0.494 e. The highest BCUT2D eigenvalue weighted by molar-refractivity contribution is 9.10. The summed E-state index contributed by atoms with van der Waals surface area (Å²) in [5.74, 6) is -0.488. The summed E-state index contributed by atoms with van der Waals surface area (Å²) in [6.45, 7) is 9.64. The Balaban J connectivity index is 0.826. The molecule has 2 saturated heterocycles. The maximum atomic E-state index is 13.5. The summed E-state index contributed by atoms with van der Waals surface area (Å²) < 4.78 is 20.0. The summed E-state index contributed by atoms with van der Waals surface area (Å²) in [5, 5.41) is 16.7. The average molecular weight is 953 g/mol. The number of carbonyl (C=O) groups excluding carboxylic acids is 4. The van der Waals surface area contributed by atoms with Crippen LogP contribution in [0, 0.1) is 0 Å². The molecule has 5 N–H and O–H groups in total. The smallest absolute Gasteiger partial charge is 0.262 e. The van der Waals surface area contributed by atoms with Crippen LogP contribution >= 0.6 is 23.1 Å². The van der Waals surface area contributed by atoms with Crippen molar-refractivity contribution in [2.24, 2.45) is 0 Å². The van der Waals surface area contributed by atoms with Crippen LogP contribution in [-0.4, -0.2) is 114 Å². The van der Waals surface area contributed by atoms with Crippen LogP contribution in [0.1, 0.15) is 64.4 Å². The van der Waals surface area contributed by atoms with Crippen molar-refractivity contribution in [1.82, 2.24) is 40.8 Å². The van der Waals surface area contributed by atoms with Gasteiger partial charge >= 0.3 is 0 Å². The lowest BCUT2D eigenvalue weighted by Crippen LogP contribution is -2.54. The van der Waals surface area contributed by atoms with Gasteiger partial charge in [0.2, 0.25) is 17.8 Å². The van der Waals surface area contributed by atoms with E-state index in [9.17, 15) is 23.7 Å². The standard InChI is InChI=1S/C45H51BrN11O6P/c1-5-27-23-34(53-45-51-25-31(46)41(55-45)52-33-9-8-32-39(50-19-18-49-32)40(33)64(3,4)62)37(63-2)24-36(27)56-20-13-28(14-21-56)48-17-16-47-15-12-26-6-7-29-30(22-26)44(61)57(43(29)60)35-10-11-38(58)54-42(35)59/h6-9,18-19,22-25,28,35,47-48H,5,10-17,20-21H2,1-4H3,(H,54,58,59)(H2,51,52,53,55). The Labute approximate surface area is 379 Å². The van der Waals surface area contributed by atoms with Crippen LogP contribution in [0.4, 0.5) is 28.8 Å². The van der Waals surface area contributed by atoms with Gasteiger partial charge in [-0.25, -0.2) is 4.98 Å². The number of anilines is 5. The van der Waals surface area contributed by atoms with E-state index in [-0.39, 0.29) is 18.4 Å². The van der Waals surface area contributed by atoms with Gasteiger partial charge in [-0.15, -0.1) is 0 Å². The number of benzene rings is 3. The third kappa shape index (κ3) is 9.50. The highest BCUT2D eigenvalue weighted by atomic mass is 79.9. The second-order valence-corrected chi connectivity index (χ2v) is 20.5. The van der Waals surface area contributed by atoms with Gasteiger partial charge in [-0.3, -0.25) is 39.4 Å². The predicted octanol–water partition coefficient (Wildman–Crippen LogP) is 5.28. The lowest BCUT2D eigenvalue weighted by Gasteiger charge is -2.35. The van der Waals surface area contributed by atoms with Crippen molar-refractivity contribution in [3.05, 3.63) is 87.8 Å². The molecule has 1 unspecified atom stereocenters. The number of rotatable bonds is 16. The Hall–Kier alpha value is -5.81. The van der Waals surface area contributed by atoms with Gasteiger partial charge in [-0.2, -0.15) is 4.98 Å². The number of carbonyl (C=O) groups is 4. The van der Waals surface area contributed by atoms with Crippen LogP contribution in [0.15, 0.2) is 65.5 Å². The zero-order valence-corrected chi connectivity index (χ0v) is 38.6. The van der Waals surface area contributed by atoms with E-state index in [4.69, 9.17) is 9.72 Å².